The van der Waals surface area contributed by atoms with Crippen molar-refractivity contribution < 1.29 is 14.3 Å². The molecule has 0 fully saturated rings. The normalized spacial score (nSPS) is 12.2. The van der Waals surface area contributed by atoms with Gasteiger partial charge in [0.15, 0.2) is 6.61 Å². The van der Waals surface area contributed by atoms with Gasteiger partial charge < -0.3 is 15.0 Å². The van der Waals surface area contributed by atoms with E-state index in [1.54, 1.807) is 11.8 Å². The lowest BCUT2D eigenvalue weighted by molar-refractivity contribution is -0.142. The average Bonchev–Trinajstić information content (AvgIpc) is 2.64. The topological polar surface area (TPSA) is 58.6 Å². The van der Waals surface area contributed by atoms with Crippen LogP contribution in [-0.4, -0.2) is 34.9 Å². The van der Waals surface area contributed by atoms with Gasteiger partial charge >= 0.3 is 0 Å². The van der Waals surface area contributed by atoms with Crippen LogP contribution in [0, 0.1) is 3.57 Å². The Bertz CT molecular complexity index is 786. The maximum atomic E-state index is 12.9. The number of amides is 2. The van der Waals surface area contributed by atoms with Gasteiger partial charge in [0, 0.05) is 15.7 Å². The van der Waals surface area contributed by atoms with Crippen molar-refractivity contribution in [3.05, 3.63) is 63.7 Å². The van der Waals surface area contributed by atoms with E-state index in [1.807, 2.05) is 75.4 Å². The van der Waals surface area contributed by atoms with Gasteiger partial charge in [0.25, 0.3) is 5.91 Å². The molecule has 2 aromatic carbocycles. The third kappa shape index (κ3) is 7.14. The minimum atomic E-state index is -0.618. The average molecular weight is 494 g/mol. The summed E-state index contributed by atoms with van der Waals surface area (Å²) in [6.45, 7) is 7.71. The van der Waals surface area contributed by atoms with Gasteiger partial charge in [-0.2, -0.15) is 0 Å². The van der Waals surface area contributed by atoms with Gasteiger partial charge in [0.2, 0.25) is 5.91 Å². The van der Waals surface area contributed by atoms with Crippen molar-refractivity contribution in [3.8, 4) is 5.75 Å². The van der Waals surface area contributed by atoms with Crippen molar-refractivity contribution in [2.45, 2.75) is 45.8 Å². The van der Waals surface area contributed by atoms with Gasteiger partial charge in [-0.05, 0) is 80.1 Å². The van der Waals surface area contributed by atoms with E-state index in [4.69, 9.17) is 4.74 Å². The molecule has 0 aliphatic rings. The van der Waals surface area contributed by atoms with Crippen LogP contribution in [0.2, 0.25) is 0 Å². The Morgan fingerprint density at radius 3 is 2.25 bits per heavy atom. The van der Waals surface area contributed by atoms with E-state index in [-0.39, 0.29) is 24.0 Å². The third-order valence-electron chi connectivity index (χ3n) is 4.04. The van der Waals surface area contributed by atoms with Crippen LogP contribution in [0.5, 0.6) is 5.75 Å². The monoisotopic (exact) mass is 494 g/mol. The van der Waals surface area contributed by atoms with Crippen molar-refractivity contribution in [3.63, 3.8) is 0 Å². The number of nitrogens with one attached hydrogen (secondary N) is 1. The molecule has 0 saturated heterocycles. The SMILES string of the molecule is CC(C(=O)NC(C)(C)C)N(Cc1ccccc1)C(=O)COc1ccc(I)cc1. The number of nitrogens with zero attached hydrogens (tertiary/aromatic N) is 1. The lowest BCUT2D eigenvalue weighted by atomic mass is 10.1. The number of hydrogen-bond donors (Lipinski definition) is 1. The van der Waals surface area contributed by atoms with Gasteiger partial charge in [-0.3, -0.25) is 9.59 Å². The molecule has 0 aliphatic carbocycles. The minimum absolute atomic E-state index is 0.124. The van der Waals surface area contributed by atoms with Crippen LogP contribution in [0.15, 0.2) is 54.6 Å². The fourth-order valence-corrected chi connectivity index (χ4v) is 2.96. The number of halogens is 1. The Balaban J connectivity index is 2.12. The van der Waals surface area contributed by atoms with Crippen LogP contribution in [0.1, 0.15) is 33.3 Å². The van der Waals surface area contributed by atoms with E-state index in [0.29, 0.717) is 12.3 Å². The molecule has 0 bridgehead atoms. The Kier molecular flexibility index (Phi) is 7.86. The summed E-state index contributed by atoms with van der Waals surface area (Å²) in [4.78, 5) is 27.1. The minimum Gasteiger partial charge on any atom is -0.484 e. The Morgan fingerprint density at radius 2 is 1.68 bits per heavy atom. The second-order valence-electron chi connectivity index (χ2n) is 7.67. The van der Waals surface area contributed by atoms with Crippen LogP contribution >= 0.6 is 22.6 Å². The molecule has 2 aromatic rings. The van der Waals surface area contributed by atoms with Gasteiger partial charge in [0.1, 0.15) is 11.8 Å². The molecule has 0 aliphatic heterocycles. The zero-order chi connectivity index (χ0) is 20.7. The molecule has 0 spiro atoms. The molecule has 0 radical (unpaired) electrons. The van der Waals surface area contributed by atoms with E-state index in [2.05, 4.69) is 27.9 Å². The second kappa shape index (κ2) is 9.91. The molecule has 6 heteroatoms. The van der Waals surface area contributed by atoms with Crippen LogP contribution < -0.4 is 10.1 Å². The molecule has 1 unspecified atom stereocenters. The number of hydrogen-bond acceptors (Lipinski definition) is 3. The Labute approximate surface area is 180 Å². The molecule has 150 valence electrons. The standard InChI is InChI=1S/C22H27IN2O3/c1-16(21(27)24-22(2,3)4)25(14-17-8-6-5-7-9-17)20(26)15-28-19-12-10-18(23)11-13-19/h5-13,16H,14-15H2,1-4H3,(H,24,27). The van der Waals surface area contributed by atoms with E-state index in [1.165, 1.54) is 0 Å². The Hall–Kier alpha value is -2.09. The first-order valence-corrected chi connectivity index (χ1v) is 10.3. The first-order valence-electron chi connectivity index (χ1n) is 9.19. The van der Waals surface area contributed by atoms with E-state index in [9.17, 15) is 9.59 Å². The predicted molar refractivity (Wildman–Crippen MR) is 119 cm³/mol. The fourth-order valence-electron chi connectivity index (χ4n) is 2.60. The highest BCUT2D eigenvalue weighted by atomic mass is 127. The smallest absolute Gasteiger partial charge is 0.261 e. The number of rotatable bonds is 7. The van der Waals surface area contributed by atoms with Crippen molar-refractivity contribution in [1.82, 2.24) is 10.2 Å². The molecule has 2 rings (SSSR count). The largest absolute Gasteiger partial charge is 0.484 e. The van der Waals surface area contributed by atoms with Crippen LogP contribution in [0.4, 0.5) is 0 Å². The maximum absolute atomic E-state index is 12.9. The zero-order valence-corrected chi connectivity index (χ0v) is 18.9. The molecule has 0 saturated carbocycles. The van der Waals surface area contributed by atoms with E-state index in [0.717, 1.165) is 9.13 Å². The molecular weight excluding hydrogens is 467 g/mol. The molecule has 28 heavy (non-hydrogen) atoms. The van der Waals surface area contributed by atoms with Crippen molar-refractivity contribution in [2.24, 2.45) is 0 Å². The summed E-state index contributed by atoms with van der Waals surface area (Å²) in [5.41, 5.74) is 0.588. The van der Waals surface area contributed by atoms with Crippen molar-refractivity contribution in [1.29, 1.82) is 0 Å². The van der Waals surface area contributed by atoms with E-state index >= 15 is 0 Å². The van der Waals surface area contributed by atoms with Gasteiger partial charge in [-0.15, -0.1) is 0 Å². The van der Waals surface area contributed by atoms with Crippen molar-refractivity contribution >= 4 is 34.4 Å². The summed E-state index contributed by atoms with van der Waals surface area (Å²) in [6, 6.07) is 16.5. The third-order valence-corrected chi connectivity index (χ3v) is 4.76. The fraction of sp³-hybridized carbons (Fsp3) is 0.364. The summed E-state index contributed by atoms with van der Waals surface area (Å²) in [6.07, 6.45) is 0. The molecule has 5 nitrogen and oxygen atoms in total. The molecule has 1 N–H and O–H groups in total. The highest BCUT2D eigenvalue weighted by Gasteiger charge is 2.28. The summed E-state index contributed by atoms with van der Waals surface area (Å²) >= 11 is 2.21. The summed E-state index contributed by atoms with van der Waals surface area (Å²) in [5, 5.41) is 2.95. The number of carbonyl (C=O) groups excluding carboxylic acids is 2. The molecule has 1 atom stereocenters. The number of carbonyl (C=O) groups is 2. The highest BCUT2D eigenvalue weighted by molar-refractivity contribution is 14.1. The van der Waals surface area contributed by atoms with Gasteiger partial charge in [-0.25, -0.2) is 0 Å². The lowest BCUT2D eigenvalue weighted by Gasteiger charge is -2.31. The van der Waals surface area contributed by atoms with Gasteiger partial charge in [-0.1, -0.05) is 30.3 Å². The summed E-state index contributed by atoms with van der Waals surface area (Å²) in [5.74, 6) is 0.199. The van der Waals surface area contributed by atoms with Crippen LogP contribution in [-0.2, 0) is 16.1 Å². The maximum Gasteiger partial charge on any atom is 0.261 e. The number of benzene rings is 2. The quantitative estimate of drug-likeness (QED) is 0.593. The first-order chi connectivity index (χ1) is 13.2. The van der Waals surface area contributed by atoms with Crippen LogP contribution in [0.3, 0.4) is 0 Å². The molecule has 2 amide bonds. The zero-order valence-electron chi connectivity index (χ0n) is 16.7. The predicted octanol–water partition coefficient (Wildman–Crippen LogP) is 4.00. The second-order valence-corrected chi connectivity index (χ2v) is 8.91. The highest BCUT2D eigenvalue weighted by Crippen LogP contribution is 2.15. The van der Waals surface area contributed by atoms with Gasteiger partial charge in [0.05, 0.1) is 0 Å². The molecule has 0 aromatic heterocycles. The summed E-state index contributed by atoms with van der Waals surface area (Å²) in [7, 11) is 0. The molecule has 0 heterocycles. The van der Waals surface area contributed by atoms with Crippen LogP contribution in [0.25, 0.3) is 0 Å². The number of ether oxygens (including phenoxy) is 1. The Morgan fingerprint density at radius 1 is 1.07 bits per heavy atom. The summed E-state index contributed by atoms with van der Waals surface area (Å²) < 4.78 is 6.74. The first kappa shape index (κ1) is 22.2. The van der Waals surface area contributed by atoms with Crippen molar-refractivity contribution in [2.75, 3.05) is 6.61 Å². The van der Waals surface area contributed by atoms with E-state index < -0.39 is 6.04 Å². The molecular formula is C22H27IN2O3. The lowest BCUT2D eigenvalue weighted by Crippen LogP contribution is -2.53.